The third-order valence-corrected chi connectivity index (χ3v) is 1.69. The van der Waals surface area contributed by atoms with Crippen molar-refractivity contribution in [2.45, 2.75) is 32.6 Å². The first kappa shape index (κ1) is 8.07. The second-order valence-electron chi connectivity index (χ2n) is 2.78. The fourth-order valence-corrected chi connectivity index (χ4v) is 1.12. The van der Waals surface area contributed by atoms with E-state index in [9.17, 15) is 4.79 Å². The van der Waals surface area contributed by atoms with Crippen molar-refractivity contribution in [3.05, 3.63) is 11.6 Å². The zero-order valence-corrected chi connectivity index (χ0v) is 6.81. The van der Waals surface area contributed by atoms with Crippen molar-refractivity contribution in [3.63, 3.8) is 0 Å². The molecule has 0 radical (unpaired) electrons. The van der Waals surface area contributed by atoms with Gasteiger partial charge < -0.3 is 0 Å². The first-order chi connectivity index (χ1) is 5.29. The molecule has 0 aromatic carbocycles. The number of carbonyl (C=O) groups excluding carboxylic acids is 1. The van der Waals surface area contributed by atoms with Crippen molar-refractivity contribution in [2.75, 3.05) is 0 Å². The molecule has 11 heavy (non-hydrogen) atoms. The van der Waals surface area contributed by atoms with Crippen LogP contribution in [0.4, 0.5) is 0 Å². The summed E-state index contributed by atoms with van der Waals surface area (Å²) in [6.07, 6.45) is 6.81. The van der Waals surface area contributed by atoms with E-state index in [-0.39, 0.29) is 5.78 Å². The van der Waals surface area contributed by atoms with Gasteiger partial charge in [-0.05, 0) is 37.2 Å². The van der Waals surface area contributed by atoms with Gasteiger partial charge in [0.1, 0.15) is 0 Å². The van der Waals surface area contributed by atoms with E-state index < -0.39 is 0 Å². The van der Waals surface area contributed by atoms with Gasteiger partial charge in [0.25, 0.3) is 0 Å². The summed E-state index contributed by atoms with van der Waals surface area (Å²) in [7, 11) is 0. The van der Waals surface area contributed by atoms with Gasteiger partial charge in [0.2, 0.25) is 5.78 Å². The maximum Gasteiger partial charge on any atom is 0.202 e. The summed E-state index contributed by atoms with van der Waals surface area (Å²) in [5, 5.41) is 0. The van der Waals surface area contributed by atoms with Crippen LogP contribution in [0, 0.1) is 11.8 Å². The Hall–Kier alpha value is -1.03. The monoisotopic (exact) mass is 148 g/mol. The molecular formula is C10H12O. The Balaban J connectivity index is 2.56. The lowest BCUT2D eigenvalue weighted by Gasteiger charge is -2.05. The number of hydrogen-bond donors (Lipinski definition) is 0. The first-order valence-corrected chi connectivity index (χ1v) is 4.00. The molecule has 0 heterocycles. The van der Waals surface area contributed by atoms with Crippen LogP contribution in [-0.4, -0.2) is 5.78 Å². The number of ketones is 1. The molecule has 1 nitrogen and oxygen atoms in total. The second-order valence-corrected chi connectivity index (χ2v) is 2.78. The number of carbonyl (C=O) groups is 1. The first-order valence-electron chi connectivity index (χ1n) is 4.00. The minimum absolute atomic E-state index is 0.0449. The number of hydrogen-bond acceptors (Lipinski definition) is 1. The second kappa shape index (κ2) is 3.98. The van der Waals surface area contributed by atoms with E-state index in [0.29, 0.717) is 0 Å². The summed E-state index contributed by atoms with van der Waals surface area (Å²) in [5.74, 6) is 5.40. The third-order valence-electron chi connectivity index (χ3n) is 1.69. The fraction of sp³-hybridized carbons (Fsp3) is 0.500. The maximum atomic E-state index is 10.5. The Labute approximate surface area is 67.5 Å². The predicted molar refractivity (Wildman–Crippen MR) is 45.0 cm³/mol. The van der Waals surface area contributed by atoms with Gasteiger partial charge in [-0.15, -0.1) is 0 Å². The Kier molecular flexibility index (Phi) is 2.92. The summed E-state index contributed by atoms with van der Waals surface area (Å²) < 4.78 is 0. The zero-order chi connectivity index (χ0) is 8.10. The van der Waals surface area contributed by atoms with Gasteiger partial charge >= 0.3 is 0 Å². The highest BCUT2D eigenvalue weighted by molar-refractivity contribution is 5.93. The van der Waals surface area contributed by atoms with Gasteiger partial charge in [0, 0.05) is 6.92 Å². The molecule has 1 heteroatoms. The lowest BCUT2D eigenvalue weighted by atomic mass is 10.0. The van der Waals surface area contributed by atoms with E-state index in [1.165, 1.54) is 19.8 Å². The van der Waals surface area contributed by atoms with Crippen molar-refractivity contribution in [3.8, 4) is 11.8 Å². The average molecular weight is 148 g/mol. The molecule has 1 aliphatic carbocycles. The van der Waals surface area contributed by atoms with Crippen molar-refractivity contribution >= 4 is 5.78 Å². The van der Waals surface area contributed by atoms with Gasteiger partial charge in [-0.2, -0.15) is 0 Å². The van der Waals surface area contributed by atoms with Crippen LogP contribution in [0.15, 0.2) is 11.6 Å². The van der Waals surface area contributed by atoms with Crippen LogP contribution in [0.2, 0.25) is 0 Å². The molecule has 0 saturated heterocycles. The van der Waals surface area contributed by atoms with E-state index in [1.54, 1.807) is 0 Å². The maximum absolute atomic E-state index is 10.5. The van der Waals surface area contributed by atoms with Gasteiger partial charge in [0.15, 0.2) is 0 Å². The smallest absolute Gasteiger partial charge is 0.202 e. The van der Waals surface area contributed by atoms with Crippen molar-refractivity contribution in [2.24, 2.45) is 0 Å². The van der Waals surface area contributed by atoms with Gasteiger partial charge in [-0.25, -0.2) is 0 Å². The molecule has 1 aliphatic rings. The van der Waals surface area contributed by atoms with Crippen LogP contribution in [0.1, 0.15) is 32.6 Å². The molecule has 0 amide bonds. The summed E-state index contributed by atoms with van der Waals surface area (Å²) in [5.41, 5.74) is 1.14. The van der Waals surface area contributed by atoms with Crippen LogP contribution in [-0.2, 0) is 4.79 Å². The lowest BCUT2D eigenvalue weighted by Crippen LogP contribution is -1.90. The lowest BCUT2D eigenvalue weighted by molar-refractivity contribution is -0.111. The van der Waals surface area contributed by atoms with E-state index in [0.717, 1.165) is 18.4 Å². The predicted octanol–water partition coefficient (Wildman–Crippen LogP) is 2.08. The van der Waals surface area contributed by atoms with Crippen molar-refractivity contribution in [1.82, 2.24) is 0 Å². The molecule has 0 atom stereocenters. The fourth-order valence-electron chi connectivity index (χ4n) is 1.12. The van der Waals surface area contributed by atoms with Crippen LogP contribution in [0.3, 0.4) is 0 Å². The van der Waals surface area contributed by atoms with Gasteiger partial charge in [-0.1, -0.05) is 12.0 Å². The molecule has 0 fully saturated rings. The van der Waals surface area contributed by atoms with Crippen LogP contribution >= 0.6 is 0 Å². The average Bonchev–Trinajstić information content (AvgIpc) is 2.03. The molecular weight excluding hydrogens is 136 g/mol. The summed E-state index contributed by atoms with van der Waals surface area (Å²) in [6.45, 7) is 1.50. The third kappa shape index (κ3) is 3.04. The normalized spacial score (nSPS) is 16.3. The van der Waals surface area contributed by atoms with Gasteiger partial charge in [-0.3, -0.25) is 4.79 Å². The van der Waals surface area contributed by atoms with Gasteiger partial charge in [0.05, 0.1) is 0 Å². The van der Waals surface area contributed by atoms with Crippen LogP contribution < -0.4 is 0 Å². The Bertz CT molecular complexity index is 237. The topological polar surface area (TPSA) is 17.1 Å². The minimum atomic E-state index is -0.0449. The highest BCUT2D eigenvalue weighted by Crippen LogP contribution is 2.15. The Morgan fingerprint density at radius 1 is 1.55 bits per heavy atom. The molecule has 0 saturated carbocycles. The summed E-state index contributed by atoms with van der Waals surface area (Å²) in [4.78, 5) is 10.5. The molecule has 0 aromatic rings. The molecule has 0 aromatic heterocycles. The standard InChI is InChI=1S/C10H12O/c1-9(11)7-8-10-5-3-2-4-6-10/h5H,2-4,6H2,1H3. The number of Topliss-reactive ketones (excluding diaryl/α,β-unsaturated/α-hetero) is 1. The SMILES string of the molecule is CC(=O)C#CC1=CCCCC1. The van der Waals surface area contributed by atoms with Crippen LogP contribution in [0.25, 0.3) is 0 Å². The highest BCUT2D eigenvalue weighted by atomic mass is 16.1. The molecule has 0 aliphatic heterocycles. The van der Waals surface area contributed by atoms with E-state index in [4.69, 9.17) is 0 Å². The van der Waals surface area contributed by atoms with E-state index >= 15 is 0 Å². The quantitative estimate of drug-likeness (QED) is 0.379. The minimum Gasteiger partial charge on any atom is -0.285 e. The summed E-state index contributed by atoms with van der Waals surface area (Å²) in [6, 6.07) is 0. The Morgan fingerprint density at radius 3 is 2.91 bits per heavy atom. The molecule has 58 valence electrons. The zero-order valence-electron chi connectivity index (χ0n) is 6.81. The Morgan fingerprint density at radius 2 is 2.36 bits per heavy atom. The number of allylic oxidation sites excluding steroid dienone is 2. The molecule has 0 unspecified atom stereocenters. The van der Waals surface area contributed by atoms with E-state index in [1.807, 2.05) is 0 Å². The van der Waals surface area contributed by atoms with Crippen LogP contribution in [0.5, 0.6) is 0 Å². The number of rotatable bonds is 0. The largest absolute Gasteiger partial charge is 0.285 e. The van der Waals surface area contributed by atoms with Crippen molar-refractivity contribution < 1.29 is 4.79 Å². The highest BCUT2D eigenvalue weighted by Gasteiger charge is 1.99. The van der Waals surface area contributed by atoms with Crippen molar-refractivity contribution in [1.29, 1.82) is 0 Å². The molecule has 0 spiro atoms. The summed E-state index contributed by atoms with van der Waals surface area (Å²) >= 11 is 0. The molecule has 0 N–H and O–H groups in total. The van der Waals surface area contributed by atoms with E-state index in [2.05, 4.69) is 17.9 Å². The molecule has 1 rings (SSSR count). The molecule has 0 bridgehead atoms.